The summed E-state index contributed by atoms with van der Waals surface area (Å²) >= 11 is 0. The van der Waals surface area contributed by atoms with Crippen molar-refractivity contribution >= 4 is 33.4 Å². The number of carbonyl (C=O) groups excluding carboxylic acids is 1. The van der Waals surface area contributed by atoms with E-state index in [9.17, 15) is 4.79 Å². The number of pyridine rings is 2. The number of imidazole rings is 1. The molecule has 7 aromatic rings. The average Bonchev–Trinajstić information content (AvgIpc) is 3.71. The number of aromatic nitrogens is 7. The molecule has 0 spiro atoms. The maximum Gasteiger partial charge on any atom is 0.228 e. The minimum absolute atomic E-state index is 0.0868. The topological polar surface area (TPSA) is 117 Å². The second-order valence-electron chi connectivity index (χ2n) is 9.71. The van der Waals surface area contributed by atoms with Crippen LogP contribution in [0, 0.1) is 6.92 Å². The van der Waals surface area contributed by atoms with Crippen LogP contribution in [0.3, 0.4) is 0 Å². The van der Waals surface area contributed by atoms with Gasteiger partial charge in [-0.25, -0.2) is 9.97 Å². The summed E-state index contributed by atoms with van der Waals surface area (Å²) in [5.41, 5.74) is 7.96. The van der Waals surface area contributed by atoms with Gasteiger partial charge >= 0.3 is 0 Å². The lowest BCUT2D eigenvalue weighted by Gasteiger charge is -2.08. The van der Waals surface area contributed by atoms with Crippen molar-refractivity contribution in [1.29, 1.82) is 0 Å². The SMILES string of the molecule is Cc1cn(-c2nccc3[nH]c(-c4n[nH]c5ccc(-c6cncc(NC(=O)Cc7ccccc7)c6)cc45)cc23)cn1. The number of aromatic amines is 2. The zero-order chi connectivity index (χ0) is 27.1. The minimum Gasteiger partial charge on any atom is -0.353 e. The number of benzene rings is 2. The van der Waals surface area contributed by atoms with E-state index in [0.717, 1.165) is 61.4 Å². The molecule has 5 heterocycles. The van der Waals surface area contributed by atoms with Crippen molar-refractivity contribution in [1.82, 2.24) is 34.7 Å². The van der Waals surface area contributed by atoms with E-state index in [4.69, 9.17) is 0 Å². The standard InChI is InChI=1S/C31H24N8O/c1-19-17-39(18-34-19)31-25-14-28(36-26(25)9-10-33-31)30-24-13-21(7-8-27(24)37-38-30)22-12-23(16-32-15-22)35-29(40)11-20-5-3-2-4-6-20/h2-10,12-18,36H,11H2,1H3,(H,35,40)(H,37,38). The van der Waals surface area contributed by atoms with Crippen LogP contribution >= 0.6 is 0 Å². The molecule has 2 aromatic carbocycles. The van der Waals surface area contributed by atoms with Crippen LogP contribution in [0.1, 0.15) is 11.3 Å². The molecule has 0 atom stereocenters. The molecular weight excluding hydrogens is 500 g/mol. The van der Waals surface area contributed by atoms with Crippen molar-refractivity contribution in [2.75, 3.05) is 5.32 Å². The molecule has 0 unspecified atom stereocenters. The predicted molar refractivity (Wildman–Crippen MR) is 155 cm³/mol. The molecule has 194 valence electrons. The Balaban J connectivity index is 1.21. The molecule has 0 radical (unpaired) electrons. The van der Waals surface area contributed by atoms with E-state index < -0.39 is 0 Å². The number of nitrogens with zero attached hydrogens (tertiary/aromatic N) is 5. The molecule has 0 aliphatic carbocycles. The van der Waals surface area contributed by atoms with Crippen molar-refractivity contribution in [3.8, 4) is 28.3 Å². The zero-order valence-corrected chi connectivity index (χ0v) is 21.6. The van der Waals surface area contributed by atoms with Gasteiger partial charge in [0.25, 0.3) is 0 Å². The van der Waals surface area contributed by atoms with E-state index >= 15 is 0 Å². The molecule has 5 aromatic heterocycles. The molecule has 0 fully saturated rings. The predicted octanol–water partition coefficient (Wildman–Crippen LogP) is 5.84. The molecule has 0 saturated carbocycles. The zero-order valence-electron chi connectivity index (χ0n) is 21.6. The lowest BCUT2D eigenvalue weighted by Crippen LogP contribution is -2.14. The maximum atomic E-state index is 12.6. The highest BCUT2D eigenvalue weighted by Crippen LogP contribution is 2.33. The Morgan fingerprint density at radius 1 is 0.925 bits per heavy atom. The molecule has 40 heavy (non-hydrogen) atoms. The van der Waals surface area contributed by atoms with Crippen LogP contribution in [-0.4, -0.2) is 40.6 Å². The summed E-state index contributed by atoms with van der Waals surface area (Å²) in [6.07, 6.45) is 9.27. The highest BCUT2D eigenvalue weighted by Gasteiger charge is 2.15. The monoisotopic (exact) mass is 524 g/mol. The Morgan fingerprint density at radius 3 is 2.67 bits per heavy atom. The van der Waals surface area contributed by atoms with Gasteiger partial charge in [-0.1, -0.05) is 36.4 Å². The van der Waals surface area contributed by atoms with Crippen molar-refractivity contribution in [3.63, 3.8) is 0 Å². The maximum absolute atomic E-state index is 12.6. The second-order valence-corrected chi connectivity index (χ2v) is 9.71. The molecule has 0 saturated heterocycles. The van der Waals surface area contributed by atoms with Crippen LogP contribution < -0.4 is 5.32 Å². The van der Waals surface area contributed by atoms with Gasteiger partial charge in [-0.2, -0.15) is 5.10 Å². The number of fused-ring (bicyclic) bond motifs is 2. The van der Waals surface area contributed by atoms with E-state index in [1.165, 1.54) is 0 Å². The fourth-order valence-corrected chi connectivity index (χ4v) is 4.96. The van der Waals surface area contributed by atoms with Gasteiger partial charge in [-0.15, -0.1) is 0 Å². The third-order valence-corrected chi connectivity index (χ3v) is 6.86. The van der Waals surface area contributed by atoms with Crippen LogP contribution in [0.2, 0.25) is 0 Å². The van der Waals surface area contributed by atoms with Crippen LogP contribution in [0.25, 0.3) is 50.1 Å². The van der Waals surface area contributed by atoms with Crippen molar-refractivity contribution < 1.29 is 4.79 Å². The lowest BCUT2D eigenvalue weighted by molar-refractivity contribution is -0.115. The summed E-state index contributed by atoms with van der Waals surface area (Å²) in [5.74, 6) is 0.717. The molecule has 7 rings (SSSR count). The molecule has 9 nitrogen and oxygen atoms in total. The first-order chi connectivity index (χ1) is 19.6. The van der Waals surface area contributed by atoms with E-state index in [0.29, 0.717) is 12.1 Å². The molecule has 9 heteroatoms. The Hall–Kier alpha value is -5.57. The number of H-pyrrole nitrogens is 2. The summed E-state index contributed by atoms with van der Waals surface area (Å²) in [6.45, 7) is 1.95. The van der Waals surface area contributed by atoms with E-state index in [1.54, 1.807) is 24.9 Å². The van der Waals surface area contributed by atoms with Gasteiger partial charge in [-0.05, 0) is 48.4 Å². The summed E-state index contributed by atoms with van der Waals surface area (Å²) in [7, 11) is 0. The Kier molecular flexibility index (Phi) is 5.67. The fraction of sp³-hybridized carbons (Fsp3) is 0.0645. The Labute approximate surface area is 229 Å². The number of anilines is 1. The first-order valence-electron chi connectivity index (χ1n) is 12.9. The van der Waals surface area contributed by atoms with Gasteiger partial charge in [0.2, 0.25) is 5.91 Å². The number of hydrogen-bond donors (Lipinski definition) is 3. The van der Waals surface area contributed by atoms with Crippen molar-refractivity contribution in [2.45, 2.75) is 13.3 Å². The highest BCUT2D eigenvalue weighted by molar-refractivity contribution is 5.99. The van der Waals surface area contributed by atoms with Gasteiger partial charge in [0.15, 0.2) is 0 Å². The van der Waals surface area contributed by atoms with Crippen molar-refractivity contribution in [3.05, 3.63) is 109 Å². The first-order valence-corrected chi connectivity index (χ1v) is 12.9. The van der Waals surface area contributed by atoms with Gasteiger partial charge in [0.05, 0.1) is 40.7 Å². The van der Waals surface area contributed by atoms with Gasteiger partial charge in [-0.3, -0.25) is 19.4 Å². The molecule has 0 aliphatic heterocycles. The molecular formula is C31H24N8O. The summed E-state index contributed by atoms with van der Waals surface area (Å²) in [6, 6.07) is 21.7. The van der Waals surface area contributed by atoms with Crippen molar-refractivity contribution in [2.24, 2.45) is 0 Å². The smallest absolute Gasteiger partial charge is 0.228 e. The Bertz CT molecular complexity index is 2000. The third-order valence-electron chi connectivity index (χ3n) is 6.86. The Morgan fingerprint density at radius 2 is 1.82 bits per heavy atom. The van der Waals surface area contributed by atoms with Crippen LogP contribution in [0.15, 0.2) is 97.8 Å². The van der Waals surface area contributed by atoms with Crippen LogP contribution in [0.4, 0.5) is 5.69 Å². The van der Waals surface area contributed by atoms with E-state index in [2.05, 4.69) is 47.6 Å². The summed E-state index contributed by atoms with van der Waals surface area (Å²) in [5, 5.41) is 12.7. The van der Waals surface area contributed by atoms with Crippen LogP contribution in [0.5, 0.6) is 0 Å². The number of aryl methyl sites for hydroxylation is 1. The van der Waals surface area contributed by atoms with Crippen LogP contribution in [-0.2, 0) is 11.2 Å². The van der Waals surface area contributed by atoms with Gasteiger partial charge < -0.3 is 10.3 Å². The first kappa shape index (κ1) is 23.5. The highest BCUT2D eigenvalue weighted by atomic mass is 16.1. The quantitative estimate of drug-likeness (QED) is 0.253. The molecule has 0 bridgehead atoms. The molecule has 1 amide bonds. The van der Waals surface area contributed by atoms with Gasteiger partial charge in [0, 0.05) is 34.9 Å². The third kappa shape index (κ3) is 4.39. The molecule has 0 aliphatic rings. The minimum atomic E-state index is -0.0868. The largest absolute Gasteiger partial charge is 0.353 e. The fourth-order valence-electron chi connectivity index (χ4n) is 4.96. The number of nitrogens with one attached hydrogen (secondary N) is 3. The number of rotatable bonds is 6. The average molecular weight is 525 g/mol. The number of carbonyl (C=O) groups is 1. The second kappa shape index (κ2) is 9.63. The van der Waals surface area contributed by atoms with E-state index in [-0.39, 0.29) is 5.91 Å². The number of hydrogen-bond acceptors (Lipinski definition) is 5. The summed E-state index contributed by atoms with van der Waals surface area (Å²) in [4.78, 5) is 29.4. The normalized spacial score (nSPS) is 11.3. The van der Waals surface area contributed by atoms with E-state index in [1.807, 2.05) is 72.3 Å². The summed E-state index contributed by atoms with van der Waals surface area (Å²) < 4.78 is 1.93. The van der Waals surface area contributed by atoms with Gasteiger partial charge in [0.1, 0.15) is 17.8 Å². The molecule has 3 N–H and O–H groups in total. The number of amides is 1. The lowest BCUT2D eigenvalue weighted by atomic mass is 10.0.